The first-order valence-corrected chi connectivity index (χ1v) is 17.3. The van der Waals surface area contributed by atoms with Crippen molar-refractivity contribution in [1.29, 1.82) is 0 Å². The highest BCUT2D eigenvalue weighted by molar-refractivity contribution is 7.17. The summed E-state index contributed by atoms with van der Waals surface area (Å²) in [5.41, 5.74) is -0.172. The quantitative estimate of drug-likeness (QED) is 0.314. The number of pyridine rings is 2. The Morgan fingerprint density at radius 1 is 1.15 bits per heavy atom. The molecule has 1 saturated carbocycles. The molecule has 3 aliphatic rings. The third kappa shape index (κ3) is 7.30. The maximum Gasteiger partial charge on any atom is 0.408 e. The van der Waals surface area contributed by atoms with E-state index in [4.69, 9.17) is 14.5 Å². The van der Waals surface area contributed by atoms with Crippen LogP contribution in [0.2, 0.25) is 0 Å². The molecule has 48 heavy (non-hydrogen) atoms. The minimum Gasteiger partial charge on any atom is -0.487 e. The van der Waals surface area contributed by atoms with Crippen LogP contribution in [0.3, 0.4) is 0 Å². The summed E-state index contributed by atoms with van der Waals surface area (Å²) < 4.78 is 12.9. The number of nitrogens with one attached hydrogen (secondary N) is 2. The zero-order valence-electron chi connectivity index (χ0n) is 27.3. The Balaban J connectivity index is 1.31. The van der Waals surface area contributed by atoms with Crippen LogP contribution in [0, 0.1) is 5.92 Å². The third-order valence-electron chi connectivity index (χ3n) is 8.91. The normalized spacial score (nSPS) is 27.1. The molecule has 5 heterocycles. The number of carboxylic acid groups (broad SMARTS) is 1. The lowest BCUT2D eigenvalue weighted by molar-refractivity contribution is -0.145. The van der Waals surface area contributed by atoms with Gasteiger partial charge in [-0.1, -0.05) is 31.1 Å². The predicted octanol–water partition coefficient (Wildman–Crippen LogP) is 5.08. The highest BCUT2D eigenvalue weighted by Gasteiger charge is 2.61. The average molecular weight is 676 g/mol. The van der Waals surface area contributed by atoms with E-state index in [1.807, 2.05) is 47.9 Å². The van der Waals surface area contributed by atoms with Crippen molar-refractivity contribution in [1.82, 2.24) is 25.5 Å². The Bertz CT molecular complexity index is 1720. The molecule has 13 heteroatoms. The zero-order valence-corrected chi connectivity index (χ0v) is 28.1. The van der Waals surface area contributed by atoms with E-state index in [2.05, 4.69) is 15.6 Å². The molecule has 6 rings (SSSR count). The van der Waals surface area contributed by atoms with Gasteiger partial charge in [-0.2, -0.15) is 0 Å². The predicted molar refractivity (Wildman–Crippen MR) is 179 cm³/mol. The van der Waals surface area contributed by atoms with Crippen molar-refractivity contribution in [2.45, 2.75) is 95.0 Å². The van der Waals surface area contributed by atoms with Crippen LogP contribution in [0.15, 0.2) is 54.1 Å². The first-order valence-electron chi connectivity index (χ1n) is 16.4. The van der Waals surface area contributed by atoms with Gasteiger partial charge >= 0.3 is 12.1 Å². The van der Waals surface area contributed by atoms with Crippen molar-refractivity contribution in [3.63, 3.8) is 0 Å². The van der Waals surface area contributed by atoms with E-state index >= 15 is 0 Å². The molecule has 0 spiro atoms. The number of carbonyl (C=O) groups excluding carboxylic acids is 3. The number of aliphatic carboxylic acids is 1. The third-order valence-corrected chi connectivity index (χ3v) is 9.83. The molecule has 3 amide bonds. The van der Waals surface area contributed by atoms with Gasteiger partial charge in [-0.05, 0) is 70.0 Å². The van der Waals surface area contributed by atoms with E-state index < -0.39 is 53.2 Å². The number of carboxylic acids is 1. The van der Waals surface area contributed by atoms with Gasteiger partial charge in [0.05, 0.1) is 28.1 Å². The molecular formula is C35H41N5O7S. The second-order valence-electron chi connectivity index (χ2n) is 13.7. The van der Waals surface area contributed by atoms with Crippen LogP contribution in [0.25, 0.3) is 21.6 Å². The maximum absolute atomic E-state index is 14.3. The van der Waals surface area contributed by atoms with Crippen LogP contribution >= 0.6 is 11.3 Å². The number of alkyl carbamates (subject to hydrolysis) is 1. The number of thiophene rings is 1. The zero-order chi connectivity index (χ0) is 34.1. The molecule has 0 bridgehead atoms. The fraction of sp³-hybridized carbons (Fsp3) is 0.486. The molecule has 1 aliphatic carbocycles. The lowest BCUT2D eigenvalue weighted by Gasteiger charge is -2.30. The van der Waals surface area contributed by atoms with Crippen LogP contribution in [-0.2, 0) is 19.1 Å². The summed E-state index contributed by atoms with van der Waals surface area (Å²) in [7, 11) is 0. The standard InChI is InChI=1S/C35H41N5O7S/c1-34(2,3)47-33(45)38-25-13-8-6-4-5-7-11-21-19-35(21,32(43)44)39-30(41)27-17-22(20-40(27)31(25)42)46-28-18-26(23-12-9-10-15-36-23)37-24-14-16-48-29(24)28/h7,9-12,14-16,18,21-22,25,27H,4-6,8,13,17,19-20H2,1-3H3,(H,38,45)(H,39,41)(H,43,44)/b11-7-/t21-,22+,25-,27-,35+/m0/s1. The number of hydrogen-bond acceptors (Lipinski definition) is 9. The minimum atomic E-state index is -1.43. The molecule has 0 radical (unpaired) electrons. The second-order valence-corrected chi connectivity index (χ2v) is 14.6. The maximum atomic E-state index is 14.3. The van der Waals surface area contributed by atoms with Crippen molar-refractivity contribution in [3.05, 3.63) is 54.1 Å². The highest BCUT2D eigenvalue weighted by Crippen LogP contribution is 2.45. The Kier molecular flexibility index (Phi) is 9.41. The molecule has 12 nitrogen and oxygen atoms in total. The van der Waals surface area contributed by atoms with Crippen molar-refractivity contribution in [2.75, 3.05) is 6.54 Å². The average Bonchev–Trinajstić information content (AvgIpc) is 3.33. The van der Waals surface area contributed by atoms with Crippen LogP contribution in [0.5, 0.6) is 5.75 Å². The molecule has 3 aromatic rings. The van der Waals surface area contributed by atoms with Crippen molar-refractivity contribution in [3.8, 4) is 17.1 Å². The molecule has 1 saturated heterocycles. The Labute approximate surface area is 282 Å². The molecular weight excluding hydrogens is 634 g/mol. The van der Waals surface area contributed by atoms with Gasteiger partial charge < -0.3 is 30.1 Å². The van der Waals surface area contributed by atoms with Crippen LogP contribution < -0.4 is 15.4 Å². The van der Waals surface area contributed by atoms with Gasteiger partial charge in [-0.3, -0.25) is 14.6 Å². The van der Waals surface area contributed by atoms with Crippen LogP contribution in [-0.4, -0.2) is 79.7 Å². The fourth-order valence-corrected chi connectivity index (χ4v) is 7.23. The highest BCUT2D eigenvalue weighted by atomic mass is 32.1. The van der Waals surface area contributed by atoms with E-state index in [0.29, 0.717) is 30.0 Å². The number of allylic oxidation sites excluding steroid dienone is 1. The number of carbonyl (C=O) groups is 4. The van der Waals surface area contributed by atoms with Crippen LogP contribution in [0.4, 0.5) is 4.79 Å². The van der Waals surface area contributed by atoms with Gasteiger partial charge in [0, 0.05) is 24.6 Å². The lowest BCUT2D eigenvalue weighted by Crippen LogP contribution is -2.56. The summed E-state index contributed by atoms with van der Waals surface area (Å²) >= 11 is 1.47. The Morgan fingerprint density at radius 3 is 2.73 bits per heavy atom. The Morgan fingerprint density at radius 2 is 1.98 bits per heavy atom. The molecule has 2 aliphatic heterocycles. The second kappa shape index (κ2) is 13.5. The fourth-order valence-electron chi connectivity index (χ4n) is 6.44. The Hall–Kier alpha value is -4.52. The first kappa shape index (κ1) is 33.4. The molecule has 5 atom stereocenters. The summed E-state index contributed by atoms with van der Waals surface area (Å²) in [5, 5.41) is 17.6. The van der Waals surface area contributed by atoms with E-state index in [1.54, 1.807) is 27.0 Å². The van der Waals surface area contributed by atoms with E-state index in [1.165, 1.54) is 16.2 Å². The van der Waals surface area contributed by atoms with Gasteiger partial charge in [0.1, 0.15) is 35.1 Å². The monoisotopic (exact) mass is 675 g/mol. The van der Waals surface area contributed by atoms with Crippen molar-refractivity contribution >= 4 is 45.4 Å². The molecule has 0 unspecified atom stereocenters. The SMILES string of the molecule is CC(C)(C)OC(=O)N[C@H]1CCCCC/C=C\[C@H]2C[C@@]2(C(=O)O)NC(=O)[C@@H]2C[C@@H](Oc3cc(-c4ccccn4)nc4ccsc34)CN2C1=O. The molecule has 3 N–H and O–H groups in total. The molecule has 2 fully saturated rings. The molecule has 3 aromatic heterocycles. The van der Waals surface area contributed by atoms with Gasteiger partial charge in [0.2, 0.25) is 11.8 Å². The minimum absolute atomic E-state index is 0.0565. The van der Waals surface area contributed by atoms with Gasteiger partial charge in [-0.15, -0.1) is 11.3 Å². The smallest absolute Gasteiger partial charge is 0.408 e. The van der Waals surface area contributed by atoms with E-state index in [9.17, 15) is 24.3 Å². The van der Waals surface area contributed by atoms with E-state index in [-0.39, 0.29) is 25.3 Å². The largest absolute Gasteiger partial charge is 0.487 e. The lowest BCUT2D eigenvalue weighted by atomic mass is 10.0. The number of rotatable bonds is 5. The number of ether oxygens (including phenoxy) is 2. The van der Waals surface area contributed by atoms with Gasteiger partial charge in [-0.25, -0.2) is 14.6 Å². The van der Waals surface area contributed by atoms with Gasteiger partial charge in [0.25, 0.3) is 0 Å². The topological polar surface area (TPSA) is 160 Å². The summed E-state index contributed by atoms with van der Waals surface area (Å²) in [6, 6.07) is 7.30. The molecule has 254 valence electrons. The van der Waals surface area contributed by atoms with Crippen molar-refractivity contribution < 1.29 is 33.8 Å². The van der Waals surface area contributed by atoms with Crippen molar-refractivity contribution in [2.24, 2.45) is 5.92 Å². The number of hydrogen-bond donors (Lipinski definition) is 3. The summed E-state index contributed by atoms with van der Waals surface area (Å²) in [6.07, 6.45) is 8.02. The van der Waals surface area contributed by atoms with Crippen LogP contribution in [0.1, 0.15) is 65.7 Å². The molecule has 0 aromatic carbocycles. The number of amides is 3. The summed E-state index contributed by atoms with van der Waals surface area (Å²) in [4.78, 5) is 64.2. The number of aromatic nitrogens is 2. The number of fused-ring (bicyclic) bond motifs is 3. The number of nitrogens with zero attached hydrogens (tertiary/aromatic N) is 3. The van der Waals surface area contributed by atoms with E-state index in [0.717, 1.165) is 29.5 Å². The van der Waals surface area contributed by atoms with Gasteiger partial charge in [0.15, 0.2) is 0 Å². The first-order chi connectivity index (χ1) is 22.9. The summed E-state index contributed by atoms with van der Waals surface area (Å²) in [5.74, 6) is -1.90. The summed E-state index contributed by atoms with van der Waals surface area (Å²) in [6.45, 7) is 5.29.